The van der Waals surface area contributed by atoms with E-state index in [9.17, 15) is 13.2 Å². The van der Waals surface area contributed by atoms with E-state index in [0.717, 1.165) is 18.6 Å². The molecule has 1 fully saturated rings. The quantitative estimate of drug-likeness (QED) is 0.717. The van der Waals surface area contributed by atoms with E-state index in [0.29, 0.717) is 31.2 Å². The topological polar surface area (TPSA) is 98.9 Å². The van der Waals surface area contributed by atoms with Crippen LogP contribution in [0.1, 0.15) is 46.5 Å². The van der Waals surface area contributed by atoms with Crippen LogP contribution in [0.2, 0.25) is 0 Å². The zero-order chi connectivity index (χ0) is 19.7. The average Bonchev–Trinajstić information content (AvgIpc) is 3.17. The maximum absolute atomic E-state index is 13.2. The second-order valence-corrected chi connectivity index (χ2v) is 8.79. The SMILES string of the molecule is COC(=O)c1ccccc1S(=O)(=O)N1CCc2oc(C3CCOCC3)nc2C1. The van der Waals surface area contributed by atoms with E-state index in [1.807, 2.05) is 0 Å². The molecule has 150 valence electrons. The zero-order valence-electron chi connectivity index (χ0n) is 15.6. The third-order valence-electron chi connectivity index (χ3n) is 5.19. The highest BCUT2D eigenvalue weighted by atomic mass is 32.2. The molecule has 8 nitrogen and oxygen atoms in total. The molecule has 1 aromatic carbocycles. The molecule has 2 aromatic rings. The largest absolute Gasteiger partial charge is 0.465 e. The zero-order valence-corrected chi connectivity index (χ0v) is 16.4. The Hall–Kier alpha value is -2.23. The summed E-state index contributed by atoms with van der Waals surface area (Å²) in [6.07, 6.45) is 2.16. The highest BCUT2D eigenvalue weighted by molar-refractivity contribution is 7.89. The summed E-state index contributed by atoms with van der Waals surface area (Å²) in [6, 6.07) is 6.08. The number of ether oxygens (including phenoxy) is 2. The summed E-state index contributed by atoms with van der Waals surface area (Å²) >= 11 is 0. The van der Waals surface area contributed by atoms with Crippen LogP contribution in [-0.4, -0.2) is 50.5 Å². The van der Waals surface area contributed by atoms with Gasteiger partial charge in [-0.15, -0.1) is 0 Å². The number of sulfonamides is 1. The summed E-state index contributed by atoms with van der Waals surface area (Å²) < 4.78 is 43.8. The second-order valence-electron chi connectivity index (χ2n) is 6.88. The molecule has 0 spiro atoms. The molecular formula is C19H22N2O6S. The lowest BCUT2D eigenvalue weighted by atomic mass is 10.0. The number of methoxy groups -OCH3 is 1. The summed E-state index contributed by atoms with van der Waals surface area (Å²) in [7, 11) is -2.65. The van der Waals surface area contributed by atoms with Crippen molar-refractivity contribution < 1.29 is 27.1 Å². The second kappa shape index (κ2) is 7.65. The Bertz CT molecular complexity index is 978. The number of rotatable bonds is 4. The van der Waals surface area contributed by atoms with Gasteiger partial charge in [0.05, 0.1) is 29.8 Å². The molecular weight excluding hydrogens is 384 g/mol. The first kappa shape index (κ1) is 19.1. The molecule has 0 saturated carbocycles. The van der Waals surface area contributed by atoms with Crippen LogP contribution in [0.4, 0.5) is 0 Å². The summed E-state index contributed by atoms with van der Waals surface area (Å²) in [5.41, 5.74) is 0.672. The van der Waals surface area contributed by atoms with E-state index in [1.165, 1.54) is 23.5 Å². The molecule has 0 amide bonds. The fourth-order valence-electron chi connectivity index (χ4n) is 3.63. The van der Waals surface area contributed by atoms with Crippen molar-refractivity contribution in [3.8, 4) is 0 Å². The van der Waals surface area contributed by atoms with Crippen LogP contribution in [0, 0.1) is 0 Å². The molecule has 1 aromatic heterocycles. The first-order valence-electron chi connectivity index (χ1n) is 9.24. The van der Waals surface area contributed by atoms with Crippen LogP contribution in [0.5, 0.6) is 0 Å². The summed E-state index contributed by atoms with van der Waals surface area (Å²) in [5.74, 6) is 0.946. The smallest absolute Gasteiger partial charge is 0.339 e. The van der Waals surface area contributed by atoms with E-state index >= 15 is 0 Å². The molecule has 0 N–H and O–H groups in total. The number of fused-ring (bicyclic) bond motifs is 1. The Morgan fingerprint density at radius 2 is 2.00 bits per heavy atom. The van der Waals surface area contributed by atoms with Crippen molar-refractivity contribution in [2.24, 2.45) is 0 Å². The molecule has 0 unspecified atom stereocenters. The number of aromatic nitrogens is 1. The molecule has 2 aliphatic rings. The molecule has 9 heteroatoms. The van der Waals surface area contributed by atoms with E-state index < -0.39 is 16.0 Å². The van der Waals surface area contributed by atoms with Crippen LogP contribution in [0.3, 0.4) is 0 Å². The van der Waals surface area contributed by atoms with Gasteiger partial charge in [-0.05, 0) is 25.0 Å². The number of oxazole rings is 1. The van der Waals surface area contributed by atoms with Crippen molar-refractivity contribution in [1.29, 1.82) is 0 Å². The molecule has 0 aliphatic carbocycles. The Kier molecular flexibility index (Phi) is 5.22. The van der Waals surface area contributed by atoms with Gasteiger partial charge < -0.3 is 13.9 Å². The lowest BCUT2D eigenvalue weighted by Crippen LogP contribution is -2.36. The Morgan fingerprint density at radius 1 is 1.25 bits per heavy atom. The van der Waals surface area contributed by atoms with Crippen LogP contribution >= 0.6 is 0 Å². The summed E-state index contributed by atoms with van der Waals surface area (Å²) in [5, 5.41) is 0. The van der Waals surface area contributed by atoms with Gasteiger partial charge >= 0.3 is 5.97 Å². The van der Waals surface area contributed by atoms with Crippen molar-refractivity contribution >= 4 is 16.0 Å². The maximum atomic E-state index is 13.2. The van der Waals surface area contributed by atoms with Crippen LogP contribution in [-0.2, 0) is 32.5 Å². The number of benzene rings is 1. The molecule has 28 heavy (non-hydrogen) atoms. The van der Waals surface area contributed by atoms with Gasteiger partial charge in [0.15, 0.2) is 5.89 Å². The predicted molar refractivity (Wildman–Crippen MR) is 98.4 cm³/mol. The lowest BCUT2D eigenvalue weighted by Gasteiger charge is -2.25. The minimum Gasteiger partial charge on any atom is -0.465 e. The first-order valence-corrected chi connectivity index (χ1v) is 10.7. The number of hydrogen-bond donors (Lipinski definition) is 0. The van der Waals surface area contributed by atoms with Crippen LogP contribution in [0.15, 0.2) is 33.6 Å². The number of hydrogen-bond acceptors (Lipinski definition) is 7. The molecule has 4 rings (SSSR count). The standard InChI is InChI=1S/C19H22N2O6S/c1-25-19(22)14-4-2-3-5-17(14)28(23,24)21-9-6-16-15(12-21)20-18(27-16)13-7-10-26-11-8-13/h2-5,13H,6-12H2,1H3. The average molecular weight is 406 g/mol. The van der Waals surface area contributed by atoms with Gasteiger partial charge in [0.2, 0.25) is 10.0 Å². The lowest BCUT2D eigenvalue weighted by molar-refractivity contribution is 0.0596. The maximum Gasteiger partial charge on any atom is 0.339 e. The number of nitrogens with zero attached hydrogens (tertiary/aromatic N) is 2. The van der Waals surface area contributed by atoms with Gasteiger partial charge in [0, 0.05) is 32.1 Å². The van der Waals surface area contributed by atoms with E-state index in [2.05, 4.69) is 4.98 Å². The van der Waals surface area contributed by atoms with Crippen molar-refractivity contribution in [3.05, 3.63) is 47.2 Å². The van der Waals surface area contributed by atoms with Gasteiger partial charge in [-0.25, -0.2) is 18.2 Å². The van der Waals surface area contributed by atoms with Gasteiger partial charge in [0.1, 0.15) is 5.76 Å². The third-order valence-corrected chi connectivity index (χ3v) is 7.09. The molecule has 0 radical (unpaired) electrons. The van der Waals surface area contributed by atoms with Crippen molar-refractivity contribution in [3.63, 3.8) is 0 Å². The van der Waals surface area contributed by atoms with Crippen molar-refractivity contribution in [2.75, 3.05) is 26.9 Å². The highest BCUT2D eigenvalue weighted by Crippen LogP contribution is 2.32. The predicted octanol–water partition coefficient (Wildman–Crippen LogP) is 2.10. The normalized spacial score (nSPS) is 18.6. The van der Waals surface area contributed by atoms with E-state index in [1.54, 1.807) is 12.1 Å². The molecule has 0 bridgehead atoms. The molecule has 1 saturated heterocycles. The minimum atomic E-state index is -3.88. The molecule has 3 heterocycles. The minimum absolute atomic E-state index is 0.0267. The van der Waals surface area contributed by atoms with E-state index in [-0.39, 0.29) is 29.5 Å². The Labute approximate surface area is 163 Å². The molecule has 2 aliphatic heterocycles. The molecule has 0 atom stereocenters. The van der Waals surface area contributed by atoms with Crippen LogP contribution < -0.4 is 0 Å². The van der Waals surface area contributed by atoms with Crippen molar-refractivity contribution in [1.82, 2.24) is 9.29 Å². The highest BCUT2D eigenvalue weighted by Gasteiger charge is 2.34. The van der Waals surface area contributed by atoms with Gasteiger partial charge in [-0.2, -0.15) is 4.31 Å². The summed E-state index contributed by atoms with van der Waals surface area (Å²) in [6.45, 7) is 1.76. The van der Waals surface area contributed by atoms with Gasteiger partial charge in [0.25, 0.3) is 0 Å². The van der Waals surface area contributed by atoms with Crippen LogP contribution in [0.25, 0.3) is 0 Å². The summed E-state index contributed by atoms with van der Waals surface area (Å²) in [4.78, 5) is 16.5. The number of esters is 1. The van der Waals surface area contributed by atoms with Gasteiger partial charge in [-0.3, -0.25) is 0 Å². The Morgan fingerprint density at radius 3 is 2.75 bits per heavy atom. The fourth-order valence-corrected chi connectivity index (χ4v) is 5.21. The van der Waals surface area contributed by atoms with E-state index in [4.69, 9.17) is 13.9 Å². The number of carbonyl (C=O) groups excluding carboxylic acids is 1. The monoisotopic (exact) mass is 406 g/mol. The fraction of sp³-hybridized carbons (Fsp3) is 0.474. The number of carbonyl (C=O) groups is 1. The van der Waals surface area contributed by atoms with Crippen molar-refractivity contribution in [2.45, 2.75) is 36.6 Å². The third kappa shape index (κ3) is 3.45. The first-order chi connectivity index (χ1) is 13.5. The Balaban J connectivity index is 1.60. The van der Waals surface area contributed by atoms with Gasteiger partial charge in [-0.1, -0.05) is 12.1 Å².